The minimum atomic E-state index is -0.411. The Kier molecular flexibility index (Phi) is 2.81. The Hall–Kier alpha value is -0.960. The third-order valence-corrected chi connectivity index (χ3v) is 0.804. The van der Waals surface area contributed by atoms with Gasteiger partial charge in [-0.15, -0.1) is 0 Å². The number of rotatable bonds is 0. The molecule has 3 heteroatoms. The first-order valence-electron chi connectivity index (χ1n) is 2.20. The summed E-state index contributed by atoms with van der Waals surface area (Å²) in [6.07, 6.45) is 0. The molecule has 0 saturated carbocycles. The van der Waals surface area contributed by atoms with Crippen LogP contribution in [0.5, 0.6) is 0 Å². The second kappa shape index (κ2) is 3.14. The molecule has 0 fully saturated rings. The first-order chi connectivity index (χ1) is 3.79. The molecule has 1 aromatic carbocycles. The Morgan fingerprint density at radius 2 is 1.00 bits per heavy atom. The number of halogens is 2. The Balaban J connectivity index is 0.000000640. The van der Waals surface area contributed by atoms with E-state index in [1.54, 1.807) is 0 Å². The monoisotopic (exact) mass is 131 g/mol. The standard InChI is InChI=1S/C6H4F2.H3N/c7-5-1-2-6(8)4-3-5;/h1-4H;1H3. The fraction of sp³-hybridized carbons (Fsp3) is 0. The number of benzene rings is 1. The van der Waals surface area contributed by atoms with Crippen molar-refractivity contribution >= 4 is 0 Å². The molecule has 9 heavy (non-hydrogen) atoms. The Labute approximate surface area is 51.9 Å². The van der Waals surface area contributed by atoms with Crippen LogP contribution in [0, 0.1) is 11.6 Å². The van der Waals surface area contributed by atoms with Crippen LogP contribution in [0.25, 0.3) is 0 Å². The van der Waals surface area contributed by atoms with Crippen LogP contribution in [-0.2, 0) is 0 Å². The quantitative estimate of drug-likeness (QED) is 0.575. The molecule has 3 N–H and O–H groups in total. The third kappa shape index (κ3) is 2.19. The van der Waals surface area contributed by atoms with Crippen LogP contribution in [0.2, 0.25) is 0 Å². The van der Waals surface area contributed by atoms with Crippen LogP contribution in [0.3, 0.4) is 0 Å². The lowest BCUT2D eigenvalue weighted by atomic mass is 10.3. The average Bonchev–Trinajstić information content (AvgIpc) is 1.77. The molecule has 0 bridgehead atoms. The van der Waals surface area contributed by atoms with E-state index in [2.05, 4.69) is 0 Å². The maximum atomic E-state index is 11.9. The van der Waals surface area contributed by atoms with Crippen LogP contribution >= 0.6 is 0 Å². The number of hydrogen-bond acceptors (Lipinski definition) is 1. The summed E-state index contributed by atoms with van der Waals surface area (Å²) in [5.41, 5.74) is 0. The molecule has 0 amide bonds. The SMILES string of the molecule is Fc1ccc(F)cc1.N. The Bertz CT molecular complexity index is 150. The highest BCUT2D eigenvalue weighted by molar-refractivity contribution is 5.04. The van der Waals surface area contributed by atoms with E-state index < -0.39 is 11.6 Å². The van der Waals surface area contributed by atoms with Crippen molar-refractivity contribution < 1.29 is 8.78 Å². The van der Waals surface area contributed by atoms with Gasteiger partial charge in [-0.25, -0.2) is 8.78 Å². The van der Waals surface area contributed by atoms with E-state index in [0.29, 0.717) is 0 Å². The second-order valence-corrected chi connectivity index (χ2v) is 1.44. The molecule has 0 aliphatic rings. The van der Waals surface area contributed by atoms with E-state index in [1.807, 2.05) is 0 Å². The molecule has 0 saturated heterocycles. The van der Waals surface area contributed by atoms with E-state index in [-0.39, 0.29) is 6.15 Å². The molecule has 0 aromatic heterocycles. The van der Waals surface area contributed by atoms with Gasteiger partial charge in [0.2, 0.25) is 0 Å². The Morgan fingerprint density at radius 3 is 1.22 bits per heavy atom. The van der Waals surface area contributed by atoms with E-state index in [1.165, 1.54) is 0 Å². The van der Waals surface area contributed by atoms with Crippen LogP contribution < -0.4 is 6.15 Å². The van der Waals surface area contributed by atoms with Gasteiger partial charge in [0.1, 0.15) is 11.6 Å². The molecular weight excluding hydrogens is 124 g/mol. The van der Waals surface area contributed by atoms with Crippen molar-refractivity contribution in [2.45, 2.75) is 0 Å². The van der Waals surface area contributed by atoms with Crippen molar-refractivity contribution in [3.8, 4) is 0 Å². The smallest absolute Gasteiger partial charge is 0.123 e. The van der Waals surface area contributed by atoms with E-state index >= 15 is 0 Å². The van der Waals surface area contributed by atoms with Gasteiger partial charge < -0.3 is 6.15 Å². The zero-order valence-corrected chi connectivity index (χ0v) is 4.77. The highest BCUT2D eigenvalue weighted by Crippen LogP contribution is 1.98. The molecule has 1 aromatic rings. The lowest BCUT2D eigenvalue weighted by Crippen LogP contribution is -1.72. The van der Waals surface area contributed by atoms with Gasteiger partial charge >= 0.3 is 0 Å². The fourth-order valence-corrected chi connectivity index (χ4v) is 0.430. The summed E-state index contributed by atoms with van der Waals surface area (Å²) >= 11 is 0. The molecule has 0 heterocycles. The summed E-state index contributed by atoms with van der Waals surface area (Å²) in [5.74, 6) is -0.821. The normalized spacial score (nSPS) is 8.22. The summed E-state index contributed by atoms with van der Waals surface area (Å²) in [7, 11) is 0. The maximum absolute atomic E-state index is 11.9. The maximum Gasteiger partial charge on any atom is 0.123 e. The highest BCUT2D eigenvalue weighted by atomic mass is 19.1. The Morgan fingerprint density at radius 1 is 0.778 bits per heavy atom. The minimum Gasteiger partial charge on any atom is -0.344 e. The van der Waals surface area contributed by atoms with Crippen LogP contribution in [0.1, 0.15) is 0 Å². The highest BCUT2D eigenvalue weighted by Gasteiger charge is 1.86. The largest absolute Gasteiger partial charge is 0.344 e. The van der Waals surface area contributed by atoms with Gasteiger partial charge in [0.15, 0.2) is 0 Å². The van der Waals surface area contributed by atoms with E-state index in [0.717, 1.165) is 24.3 Å². The van der Waals surface area contributed by atoms with Crippen LogP contribution in [0.15, 0.2) is 24.3 Å². The molecular formula is C6H7F2N. The van der Waals surface area contributed by atoms with Crippen LogP contribution in [0.4, 0.5) is 8.78 Å². The van der Waals surface area contributed by atoms with Gasteiger partial charge in [-0.3, -0.25) is 0 Å². The first kappa shape index (κ1) is 8.04. The number of hydrogen-bond donors (Lipinski definition) is 1. The topological polar surface area (TPSA) is 35.0 Å². The van der Waals surface area contributed by atoms with Gasteiger partial charge in [0, 0.05) is 0 Å². The fourth-order valence-electron chi connectivity index (χ4n) is 0.430. The average molecular weight is 131 g/mol. The van der Waals surface area contributed by atoms with Crippen molar-refractivity contribution in [3.05, 3.63) is 35.9 Å². The zero-order valence-electron chi connectivity index (χ0n) is 4.77. The van der Waals surface area contributed by atoms with Gasteiger partial charge in [0.25, 0.3) is 0 Å². The summed E-state index contributed by atoms with van der Waals surface area (Å²) in [6, 6.07) is 4.31. The summed E-state index contributed by atoms with van der Waals surface area (Å²) < 4.78 is 23.8. The van der Waals surface area contributed by atoms with E-state index in [4.69, 9.17) is 0 Å². The molecule has 1 rings (SSSR count). The van der Waals surface area contributed by atoms with E-state index in [9.17, 15) is 8.78 Å². The van der Waals surface area contributed by atoms with Crippen molar-refractivity contribution in [2.75, 3.05) is 0 Å². The van der Waals surface area contributed by atoms with Crippen LogP contribution in [-0.4, -0.2) is 0 Å². The van der Waals surface area contributed by atoms with Crippen molar-refractivity contribution in [1.82, 2.24) is 6.15 Å². The molecule has 0 unspecified atom stereocenters. The van der Waals surface area contributed by atoms with Gasteiger partial charge in [0.05, 0.1) is 0 Å². The molecule has 0 aliphatic heterocycles. The molecule has 0 radical (unpaired) electrons. The molecule has 0 aliphatic carbocycles. The van der Waals surface area contributed by atoms with Gasteiger partial charge in [-0.1, -0.05) is 0 Å². The van der Waals surface area contributed by atoms with Crippen molar-refractivity contribution in [2.24, 2.45) is 0 Å². The molecule has 1 nitrogen and oxygen atoms in total. The second-order valence-electron chi connectivity index (χ2n) is 1.44. The van der Waals surface area contributed by atoms with Gasteiger partial charge in [-0.2, -0.15) is 0 Å². The lowest BCUT2D eigenvalue weighted by Gasteiger charge is -1.83. The minimum absolute atomic E-state index is 0. The lowest BCUT2D eigenvalue weighted by molar-refractivity contribution is 0.600. The molecule has 0 spiro atoms. The zero-order chi connectivity index (χ0) is 5.98. The van der Waals surface area contributed by atoms with Gasteiger partial charge in [-0.05, 0) is 24.3 Å². The summed E-state index contributed by atoms with van der Waals surface area (Å²) in [6.45, 7) is 0. The predicted molar refractivity (Wildman–Crippen MR) is 31.4 cm³/mol. The molecule has 0 atom stereocenters. The predicted octanol–water partition coefficient (Wildman–Crippen LogP) is 2.13. The van der Waals surface area contributed by atoms with Crippen molar-refractivity contribution in [3.63, 3.8) is 0 Å². The third-order valence-electron chi connectivity index (χ3n) is 0.804. The first-order valence-corrected chi connectivity index (χ1v) is 2.20. The molecule has 50 valence electrons. The summed E-state index contributed by atoms with van der Waals surface area (Å²) in [5, 5.41) is 0. The van der Waals surface area contributed by atoms with Crippen molar-refractivity contribution in [1.29, 1.82) is 0 Å². The summed E-state index contributed by atoms with van der Waals surface area (Å²) in [4.78, 5) is 0.